The first-order valence-electron chi connectivity index (χ1n) is 19.2. The number of rotatable bonds is 6. The molecule has 0 spiro atoms. The van der Waals surface area contributed by atoms with Crippen LogP contribution in [0.25, 0.3) is 111 Å². The van der Waals surface area contributed by atoms with Crippen molar-refractivity contribution in [2.45, 2.75) is 0 Å². The van der Waals surface area contributed by atoms with Gasteiger partial charge in [-0.2, -0.15) is 0 Å². The number of aromatic nitrogens is 3. The average molecular weight is 728 g/mol. The minimum absolute atomic E-state index is 0.674. The predicted octanol–water partition coefficient (Wildman–Crippen LogP) is 14.1. The molecule has 0 amide bonds. The molecule has 0 unspecified atom stereocenters. The number of para-hydroxylation sites is 2. The van der Waals surface area contributed by atoms with Gasteiger partial charge in [0, 0.05) is 54.7 Å². The van der Waals surface area contributed by atoms with Gasteiger partial charge in [-0.1, -0.05) is 164 Å². The van der Waals surface area contributed by atoms with Crippen LogP contribution in [0.1, 0.15) is 0 Å². The molecule has 0 radical (unpaired) electrons. The van der Waals surface area contributed by atoms with E-state index in [1.54, 1.807) is 0 Å². The zero-order chi connectivity index (χ0) is 37.7. The van der Waals surface area contributed by atoms with Crippen molar-refractivity contribution in [3.05, 3.63) is 200 Å². The molecule has 0 aliphatic heterocycles. The fraction of sp³-hybridized carbons (Fsp3) is 0. The number of fused-ring (bicyclic) bond motifs is 6. The molecular formula is C53H33N3O. The third-order valence-corrected chi connectivity index (χ3v) is 10.8. The van der Waals surface area contributed by atoms with Crippen molar-refractivity contribution in [1.82, 2.24) is 15.0 Å². The molecule has 11 aromatic rings. The van der Waals surface area contributed by atoms with Gasteiger partial charge in [0.1, 0.15) is 11.2 Å². The van der Waals surface area contributed by atoms with Crippen LogP contribution in [0.5, 0.6) is 0 Å². The lowest BCUT2D eigenvalue weighted by Gasteiger charge is -2.16. The van der Waals surface area contributed by atoms with Gasteiger partial charge in [-0.15, -0.1) is 0 Å². The van der Waals surface area contributed by atoms with Crippen LogP contribution in [0.3, 0.4) is 0 Å². The van der Waals surface area contributed by atoms with E-state index in [1.807, 2.05) is 24.3 Å². The minimum Gasteiger partial charge on any atom is -0.456 e. The van der Waals surface area contributed by atoms with Crippen molar-refractivity contribution >= 4 is 43.6 Å². The summed E-state index contributed by atoms with van der Waals surface area (Å²) in [6.07, 6.45) is 0. The van der Waals surface area contributed by atoms with E-state index < -0.39 is 0 Å². The van der Waals surface area contributed by atoms with Crippen LogP contribution in [-0.4, -0.2) is 15.0 Å². The van der Waals surface area contributed by atoms with Crippen LogP contribution >= 0.6 is 0 Å². The van der Waals surface area contributed by atoms with Gasteiger partial charge >= 0.3 is 0 Å². The van der Waals surface area contributed by atoms with E-state index in [0.717, 1.165) is 105 Å². The van der Waals surface area contributed by atoms with Crippen LogP contribution in [0.4, 0.5) is 0 Å². The molecule has 0 aliphatic carbocycles. The fourth-order valence-electron chi connectivity index (χ4n) is 8.20. The summed E-state index contributed by atoms with van der Waals surface area (Å²) < 4.78 is 6.66. The van der Waals surface area contributed by atoms with Gasteiger partial charge in [-0.25, -0.2) is 15.0 Å². The molecule has 0 atom stereocenters. The topological polar surface area (TPSA) is 51.8 Å². The molecule has 4 nitrogen and oxygen atoms in total. The molecule has 0 bridgehead atoms. The highest BCUT2D eigenvalue weighted by Gasteiger charge is 2.22. The summed E-state index contributed by atoms with van der Waals surface area (Å²) in [5, 5.41) is 5.43. The minimum atomic E-state index is 0.674. The standard InChI is InChI=1S/C53H33N3O/c1-4-16-34(17-5-1)37-22-14-25-40(30-37)53-55-45(35-18-6-2-7-19-35)33-46(56-53)38-23-15-24-39(31-38)49-50-41-26-10-12-28-44(41)54-52(36-20-8-3-9-21-36)43(50)32-48-51(49)42-27-11-13-29-47(42)57-48/h1-33H. The number of nitrogens with zero attached hydrogens (tertiary/aromatic N) is 3. The van der Waals surface area contributed by atoms with Gasteiger partial charge in [-0.05, 0) is 53.1 Å². The summed E-state index contributed by atoms with van der Waals surface area (Å²) in [5.74, 6) is 0.674. The van der Waals surface area contributed by atoms with E-state index in [2.05, 4.69) is 176 Å². The Hall–Kier alpha value is -7.69. The summed E-state index contributed by atoms with van der Waals surface area (Å²) in [7, 11) is 0. The molecule has 0 saturated carbocycles. The normalized spacial score (nSPS) is 11.5. The maximum atomic E-state index is 6.66. The van der Waals surface area contributed by atoms with Gasteiger partial charge < -0.3 is 4.42 Å². The SMILES string of the molecule is c1ccc(-c2cccc(-c3nc(-c4ccccc4)cc(-c4cccc(-c5c6c(cc7c(-c8ccccc8)nc8ccccc8c57)oc5ccccc56)c4)n3)c2)cc1. The molecule has 0 aliphatic rings. The number of hydrogen-bond acceptors (Lipinski definition) is 4. The number of pyridine rings is 1. The van der Waals surface area contributed by atoms with E-state index >= 15 is 0 Å². The Labute approximate surface area is 329 Å². The molecular weight excluding hydrogens is 695 g/mol. The highest BCUT2D eigenvalue weighted by Crippen LogP contribution is 2.47. The molecule has 3 aromatic heterocycles. The van der Waals surface area contributed by atoms with Crippen molar-refractivity contribution in [3.63, 3.8) is 0 Å². The molecule has 0 N–H and O–H groups in total. The molecule has 3 heterocycles. The lowest BCUT2D eigenvalue weighted by molar-refractivity contribution is 0.669. The lowest BCUT2D eigenvalue weighted by Crippen LogP contribution is -1.97. The van der Waals surface area contributed by atoms with E-state index in [9.17, 15) is 0 Å². The monoisotopic (exact) mass is 727 g/mol. The van der Waals surface area contributed by atoms with Gasteiger partial charge in [0.05, 0.1) is 22.6 Å². The van der Waals surface area contributed by atoms with E-state index in [4.69, 9.17) is 19.4 Å². The Morgan fingerprint density at radius 3 is 1.65 bits per heavy atom. The van der Waals surface area contributed by atoms with Gasteiger partial charge in [0.2, 0.25) is 0 Å². The van der Waals surface area contributed by atoms with Gasteiger partial charge in [-0.3, -0.25) is 0 Å². The maximum absolute atomic E-state index is 6.66. The van der Waals surface area contributed by atoms with Crippen LogP contribution in [0.2, 0.25) is 0 Å². The van der Waals surface area contributed by atoms with E-state index in [0.29, 0.717) is 5.82 Å². The Kier molecular flexibility index (Phi) is 7.78. The van der Waals surface area contributed by atoms with E-state index in [-0.39, 0.29) is 0 Å². The first kappa shape index (κ1) is 32.7. The average Bonchev–Trinajstić information content (AvgIpc) is 3.67. The molecule has 8 aromatic carbocycles. The first-order chi connectivity index (χ1) is 28.2. The molecule has 0 saturated heterocycles. The van der Waals surface area contributed by atoms with E-state index in [1.165, 1.54) is 0 Å². The van der Waals surface area contributed by atoms with Crippen LogP contribution in [0, 0.1) is 0 Å². The molecule has 11 rings (SSSR count). The Bertz CT molecular complexity index is 3280. The zero-order valence-electron chi connectivity index (χ0n) is 30.8. The van der Waals surface area contributed by atoms with Crippen molar-refractivity contribution in [2.75, 3.05) is 0 Å². The first-order valence-corrected chi connectivity index (χ1v) is 19.2. The van der Waals surface area contributed by atoms with Crippen LogP contribution < -0.4 is 0 Å². The second-order valence-electron chi connectivity index (χ2n) is 14.3. The van der Waals surface area contributed by atoms with Crippen molar-refractivity contribution < 1.29 is 4.42 Å². The Balaban J connectivity index is 1.18. The highest BCUT2D eigenvalue weighted by atomic mass is 16.3. The summed E-state index contributed by atoms with van der Waals surface area (Å²) in [6, 6.07) is 69.6. The summed E-state index contributed by atoms with van der Waals surface area (Å²) in [5.41, 5.74) is 13.7. The third kappa shape index (κ3) is 5.74. The fourth-order valence-corrected chi connectivity index (χ4v) is 8.20. The van der Waals surface area contributed by atoms with Crippen LogP contribution in [-0.2, 0) is 0 Å². The van der Waals surface area contributed by atoms with Crippen molar-refractivity contribution in [2.24, 2.45) is 0 Å². The maximum Gasteiger partial charge on any atom is 0.160 e. The quantitative estimate of drug-likeness (QED) is 0.160. The summed E-state index contributed by atoms with van der Waals surface area (Å²) in [6.45, 7) is 0. The molecule has 0 fully saturated rings. The second kappa shape index (κ2) is 13.6. The number of furan rings is 1. The van der Waals surface area contributed by atoms with Crippen molar-refractivity contribution in [3.8, 4) is 67.4 Å². The molecule has 57 heavy (non-hydrogen) atoms. The van der Waals surface area contributed by atoms with Crippen LogP contribution in [0.15, 0.2) is 205 Å². The number of hydrogen-bond donors (Lipinski definition) is 0. The summed E-state index contributed by atoms with van der Waals surface area (Å²) >= 11 is 0. The third-order valence-electron chi connectivity index (χ3n) is 10.8. The summed E-state index contributed by atoms with van der Waals surface area (Å²) in [4.78, 5) is 15.7. The second-order valence-corrected chi connectivity index (χ2v) is 14.3. The highest BCUT2D eigenvalue weighted by molar-refractivity contribution is 6.27. The molecule has 4 heteroatoms. The lowest BCUT2D eigenvalue weighted by atomic mass is 9.89. The number of benzene rings is 8. The smallest absolute Gasteiger partial charge is 0.160 e. The van der Waals surface area contributed by atoms with Gasteiger partial charge in [0.25, 0.3) is 0 Å². The molecule has 266 valence electrons. The van der Waals surface area contributed by atoms with Gasteiger partial charge in [0.15, 0.2) is 5.82 Å². The Morgan fingerprint density at radius 2 is 0.877 bits per heavy atom. The Morgan fingerprint density at radius 1 is 0.316 bits per heavy atom. The largest absolute Gasteiger partial charge is 0.456 e. The predicted molar refractivity (Wildman–Crippen MR) is 235 cm³/mol. The zero-order valence-corrected chi connectivity index (χ0v) is 30.8. The van der Waals surface area contributed by atoms with Crippen molar-refractivity contribution in [1.29, 1.82) is 0 Å².